The molecule has 1 aliphatic rings. The molecule has 0 amide bonds. The van der Waals surface area contributed by atoms with Gasteiger partial charge < -0.3 is 5.32 Å². The summed E-state index contributed by atoms with van der Waals surface area (Å²) in [5.41, 5.74) is 0. The molecule has 1 aromatic heterocycles. The molecule has 1 heterocycles. The van der Waals surface area contributed by atoms with Crippen LogP contribution in [-0.2, 0) is 0 Å². The van der Waals surface area contributed by atoms with E-state index in [0.29, 0.717) is 6.04 Å². The van der Waals surface area contributed by atoms with Gasteiger partial charge in [-0.2, -0.15) is 0 Å². The van der Waals surface area contributed by atoms with Crippen molar-refractivity contribution in [3.8, 4) is 0 Å². The van der Waals surface area contributed by atoms with Crippen LogP contribution in [0.3, 0.4) is 0 Å². The van der Waals surface area contributed by atoms with Gasteiger partial charge in [0.1, 0.15) is 5.82 Å². The van der Waals surface area contributed by atoms with Gasteiger partial charge in [0.2, 0.25) is 0 Å². The Labute approximate surface area is 60.3 Å². The van der Waals surface area contributed by atoms with Gasteiger partial charge in [-0.15, -0.1) is 0 Å². The molecule has 2 heteroatoms. The summed E-state index contributed by atoms with van der Waals surface area (Å²) in [5, 5.41) is 3.28. The molecule has 0 atom stereocenters. The fraction of sp³-hybridized carbons (Fsp3) is 0.375. The Morgan fingerprint density at radius 1 is 1.60 bits per heavy atom. The number of nitrogens with one attached hydrogen (secondary N) is 1. The van der Waals surface area contributed by atoms with Crippen LogP contribution in [0.4, 0.5) is 5.82 Å². The van der Waals surface area contributed by atoms with E-state index in [4.69, 9.17) is 0 Å². The first-order valence-corrected chi connectivity index (χ1v) is 3.54. The van der Waals surface area contributed by atoms with Gasteiger partial charge in [0, 0.05) is 18.3 Å². The molecular weight excluding hydrogens is 124 g/mol. The molecule has 0 saturated heterocycles. The number of rotatable bonds is 2. The maximum absolute atomic E-state index is 4.09. The van der Waals surface area contributed by atoms with Crippen LogP contribution < -0.4 is 5.32 Å². The number of anilines is 1. The average molecular weight is 133 g/mol. The fourth-order valence-electron chi connectivity index (χ4n) is 0.842. The molecule has 2 rings (SSSR count). The Morgan fingerprint density at radius 2 is 2.50 bits per heavy atom. The van der Waals surface area contributed by atoms with E-state index in [1.165, 1.54) is 12.8 Å². The number of pyridine rings is 1. The molecule has 10 heavy (non-hydrogen) atoms. The summed E-state index contributed by atoms with van der Waals surface area (Å²) in [6.07, 6.45) is 4.27. The molecule has 2 nitrogen and oxygen atoms in total. The summed E-state index contributed by atoms with van der Waals surface area (Å²) in [6.45, 7) is 0. The van der Waals surface area contributed by atoms with Crippen molar-refractivity contribution >= 4 is 5.82 Å². The van der Waals surface area contributed by atoms with Crippen molar-refractivity contribution in [1.29, 1.82) is 0 Å². The van der Waals surface area contributed by atoms with Crippen molar-refractivity contribution in [2.45, 2.75) is 18.9 Å². The minimum atomic E-state index is 0.690. The third-order valence-corrected chi connectivity index (χ3v) is 1.54. The first-order chi connectivity index (χ1) is 4.95. The topological polar surface area (TPSA) is 24.9 Å². The minimum absolute atomic E-state index is 0.690. The summed E-state index contributed by atoms with van der Waals surface area (Å²) >= 11 is 0. The first-order valence-electron chi connectivity index (χ1n) is 3.54. The average Bonchev–Trinajstić information content (AvgIpc) is 2.74. The summed E-state index contributed by atoms with van der Waals surface area (Å²) < 4.78 is 0. The summed E-state index contributed by atoms with van der Waals surface area (Å²) in [6, 6.07) is 7.38. The van der Waals surface area contributed by atoms with Crippen LogP contribution in [0.2, 0.25) is 0 Å². The summed E-state index contributed by atoms with van der Waals surface area (Å²) in [4.78, 5) is 4.09. The maximum atomic E-state index is 4.09. The highest BCUT2D eigenvalue weighted by Crippen LogP contribution is 2.22. The van der Waals surface area contributed by atoms with Crippen LogP contribution in [-0.4, -0.2) is 11.0 Å². The van der Waals surface area contributed by atoms with Crippen LogP contribution in [0.1, 0.15) is 12.8 Å². The lowest BCUT2D eigenvalue weighted by molar-refractivity contribution is 1.11. The van der Waals surface area contributed by atoms with Gasteiger partial charge in [0.15, 0.2) is 0 Å². The van der Waals surface area contributed by atoms with Gasteiger partial charge >= 0.3 is 0 Å². The highest BCUT2D eigenvalue weighted by atomic mass is 15.0. The second kappa shape index (κ2) is 2.29. The quantitative estimate of drug-likeness (QED) is 0.660. The molecule has 0 aliphatic heterocycles. The van der Waals surface area contributed by atoms with Crippen molar-refractivity contribution in [3.63, 3.8) is 0 Å². The molecule has 1 aromatic rings. The lowest BCUT2D eigenvalue weighted by Crippen LogP contribution is -2.01. The van der Waals surface area contributed by atoms with Gasteiger partial charge in [-0.25, -0.2) is 4.98 Å². The SMILES string of the molecule is [c]1ccc(NC2CC2)nc1. The second-order valence-corrected chi connectivity index (χ2v) is 2.56. The van der Waals surface area contributed by atoms with E-state index < -0.39 is 0 Å². The highest BCUT2D eigenvalue weighted by Gasteiger charge is 2.20. The molecular formula is C8H9N2. The number of hydrogen-bond acceptors (Lipinski definition) is 2. The van der Waals surface area contributed by atoms with Crippen LogP contribution in [0.15, 0.2) is 18.3 Å². The zero-order valence-electron chi connectivity index (χ0n) is 5.67. The lowest BCUT2D eigenvalue weighted by atomic mass is 10.4. The van der Waals surface area contributed by atoms with E-state index in [1.807, 2.05) is 12.1 Å². The van der Waals surface area contributed by atoms with E-state index in [-0.39, 0.29) is 0 Å². The summed E-state index contributed by atoms with van der Waals surface area (Å²) in [5.74, 6) is 0.973. The van der Waals surface area contributed by atoms with Crippen molar-refractivity contribution in [1.82, 2.24) is 4.98 Å². The Kier molecular flexibility index (Phi) is 1.31. The molecule has 1 saturated carbocycles. The van der Waals surface area contributed by atoms with Crippen LogP contribution in [0, 0.1) is 6.07 Å². The van der Waals surface area contributed by atoms with Crippen LogP contribution in [0.25, 0.3) is 0 Å². The van der Waals surface area contributed by atoms with Gasteiger partial charge in [0.25, 0.3) is 0 Å². The van der Waals surface area contributed by atoms with Crippen molar-refractivity contribution in [2.75, 3.05) is 5.32 Å². The van der Waals surface area contributed by atoms with Crippen molar-refractivity contribution < 1.29 is 0 Å². The number of nitrogens with zero attached hydrogens (tertiary/aromatic N) is 1. The van der Waals surface area contributed by atoms with E-state index in [2.05, 4.69) is 16.4 Å². The van der Waals surface area contributed by atoms with Gasteiger partial charge in [0.05, 0.1) is 0 Å². The Balaban J connectivity index is 2.03. The fourth-order valence-corrected chi connectivity index (χ4v) is 0.842. The van der Waals surface area contributed by atoms with Crippen molar-refractivity contribution in [2.24, 2.45) is 0 Å². The maximum Gasteiger partial charge on any atom is 0.126 e. The second-order valence-electron chi connectivity index (χ2n) is 2.56. The molecule has 1 N–H and O–H groups in total. The Hall–Kier alpha value is -1.05. The minimum Gasteiger partial charge on any atom is -0.367 e. The molecule has 0 spiro atoms. The van der Waals surface area contributed by atoms with Gasteiger partial charge in [-0.1, -0.05) is 0 Å². The number of aromatic nitrogens is 1. The third-order valence-electron chi connectivity index (χ3n) is 1.54. The molecule has 0 aromatic carbocycles. The van der Waals surface area contributed by atoms with Crippen LogP contribution >= 0.6 is 0 Å². The normalized spacial score (nSPS) is 16.8. The summed E-state index contributed by atoms with van der Waals surface area (Å²) in [7, 11) is 0. The largest absolute Gasteiger partial charge is 0.367 e. The van der Waals surface area contributed by atoms with Gasteiger partial charge in [-0.05, 0) is 25.0 Å². The Bertz CT molecular complexity index is 204. The molecule has 1 aliphatic carbocycles. The van der Waals surface area contributed by atoms with E-state index in [0.717, 1.165) is 5.82 Å². The van der Waals surface area contributed by atoms with Gasteiger partial charge in [-0.3, -0.25) is 0 Å². The molecule has 51 valence electrons. The monoisotopic (exact) mass is 133 g/mol. The van der Waals surface area contributed by atoms with Crippen molar-refractivity contribution in [3.05, 3.63) is 24.4 Å². The number of hydrogen-bond donors (Lipinski definition) is 1. The third kappa shape index (κ3) is 1.26. The molecule has 1 fully saturated rings. The zero-order chi connectivity index (χ0) is 6.81. The van der Waals surface area contributed by atoms with E-state index in [9.17, 15) is 0 Å². The van der Waals surface area contributed by atoms with E-state index in [1.54, 1.807) is 6.20 Å². The molecule has 1 radical (unpaired) electrons. The van der Waals surface area contributed by atoms with Crippen LogP contribution in [0.5, 0.6) is 0 Å². The van der Waals surface area contributed by atoms with E-state index >= 15 is 0 Å². The molecule has 0 bridgehead atoms. The Morgan fingerprint density at radius 3 is 3.10 bits per heavy atom. The first kappa shape index (κ1) is 5.71. The lowest BCUT2D eigenvalue weighted by Gasteiger charge is -1.99. The molecule has 0 unspecified atom stereocenters. The smallest absolute Gasteiger partial charge is 0.126 e. The predicted molar refractivity (Wildman–Crippen MR) is 39.7 cm³/mol. The standard InChI is InChI=1S/C8H9N2/c1-2-6-9-8(3-1)10-7-4-5-7/h1,3,6-7H,4-5H2,(H,9,10). The zero-order valence-corrected chi connectivity index (χ0v) is 5.67. The highest BCUT2D eigenvalue weighted by molar-refractivity contribution is 5.35. The predicted octanol–water partition coefficient (Wildman–Crippen LogP) is 1.46.